The lowest BCUT2D eigenvalue weighted by Gasteiger charge is -2.18. The van der Waals surface area contributed by atoms with E-state index in [2.05, 4.69) is 10.6 Å². The molecule has 0 radical (unpaired) electrons. The molecule has 0 aliphatic heterocycles. The van der Waals surface area contributed by atoms with E-state index in [1.165, 1.54) is 0 Å². The first kappa shape index (κ1) is 15.7. The third-order valence-corrected chi connectivity index (χ3v) is 3.16. The predicted octanol–water partition coefficient (Wildman–Crippen LogP) is 1.86. The highest BCUT2D eigenvalue weighted by Gasteiger charge is 2.19. The van der Waals surface area contributed by atoms with Crippen molar-refractivity contribution in [2.24, 2.45) is 0 Å². The molecule has 0 aliphatic carbocycles. The summed E-state index contributed by atoms with van der Waals surface area (Å²) < 4.78 is 0. The van der Waals surface area contributed by atoms with Crippen LogP contribution in [-0.2, 0) is 9.59 Å². The van der Waals surface area contributed by atoms with Gasteiger partial charge in [-0.25, -0.2) is 0 Å². The molecule has 0 spiro atoms. The zero-order chi connectivity index (χ0) is 15.8. The van der Waals surface area contributed by atoms with Gasteiger partial charge < -0.3 is 15.7 Å². The van der Waals surface area contributed by atoms with E-state index in [1.807, 2.05) is 36.4 Å². The van der Waals surface area contributed by atoms with Crippen molar-refractivity contribution in [3.8, 4) is 0 Å². The molecule has 2 amide bonds. The Labute approximate surface area is 129 Å². The van der Waals surface area contributed by atoms with E-state index in [9.17, 15) is 9.59 Å². The van der Waals surface area contributed by atoms with Crippen molar-refractivity contribution in [1.29, 1.82) is 0 Å². The summed E-state index contributed by atoms with van der Waals surface area (Å²) in [7, 11) is 0. The Balaban J connectivity index is 2.00. The first-order valence-electron chi connectivity index (χ1n) is 7.03. The molecule has 0 fully saturated rings. The number of anilines is 1. The van der Waals surface area contributed by atoms with E-state index in [0.29, 0.717) is 12.1 Å². The molecule has 5 nitrogen and oxygen atoms in total. The average Bonchev–Trinajstić information content (AvgIpc) is 2.56. The van der Waals surface area contributed by atoms with Crippen molar-refractivity contribution in [2.45, 2.75) is 12.5 Å². The smallest absolute Gasteiger partial charge is 0.313 e. The van der Waals surface area contributed by atoms with Crippen LogP contribution in [0.5, 0.6) is 0 Å². The molecule has 0 aliphatic rings. The minimum atomic E-state index is -0.731. The monoisotopic (exact) mass is 298 g/mol. The zero-order valence-corrected chi connectivity index (χ0v) is 12.0. The van der Waals surface area contributed by atoms with E-state index in [4.69, 9.17) is 5.11 Å². The van der Waals surface area contributed by atoms with Crippen molar-refractivity contribution < 1.29 is 14.7 Å². The number of hydrogen-bond acceptors (Lipinski definition) is 3. The number of benzene rings is 2. The second-order valence-electron chi connectivity index (χ2n) is 4.77. The number of aliphatic hydroxyl groups is 1. The normalized spacial score (nSPS) is 11.5. The highest BCUT2D eigenvalue weighted by molar-refractivity contribution is 6.39. The standard InChI is InChI=1S/C17H18N2O3/c20-12-11-15(13-7-3-1-4-8-13)19-17(22)16(21)18-14-9-5-2-6-10-14/h1-10,15,20H,11-12H2,(H,18,21)(H,19,22)/t15-/m1/s1. The fourth-order valence-electron chi connectivity index (χ4n) is 2.07. The second kappa shape index (κ2) is 7.95. The van der Waals surface area contributed by atoms with Gasteiger partial charge >= 0.3 is 11.8 Å². The van der Waals surface area contributed by atoms with Gasteiger partial charge in [-0.2, -0.15) is 0 Å². The summed E-state index contributed by atoms with van der Waals surface area (Å²) in [6.45, 7) is -0.0832. The first-order valence-corrected chi connectivity index (χ1v) is 7.03. The maximum absolute atomic E-state index is 12.0. The largest absolute Gasteiger partial charge is 0.396 e. The van der Waals surface area contributed by atoms with Gasteiger partial charge in [0.05, 0.1) is 6.04 Å². The highest BCUT2D eigenvalue weighted by atomic mass is 16.3. The van der Waals surface area contributed by atoms with Gasteiger partial charge in [-0.05, 0) is 24.1 Å². The Kier molecular flexibility index (Phi) is 5.68. The second-order valence-corrected chi connectivity index (χ2v) is 4.77. The lowest BCUT2D eigenvalue weighted by molar-refractivity contribution is -0.136. The summed E-state index contributed by atoms with van der Waals surface area (Å²) in [6, 6.07) is 17.6. The molecule has 0 saturated heterocycles. The molecule has 1 atom stereocenters. The van der Waals surface area contributed by atoms with Gasteiger partial charge in [-0.3, -0.25) is 9.59 Å². The molecule has 3 N–H and O–H groups in total. The number of carbonyl (C=O) groups excluding carboxylic acids is 2. The summed E-state index contributed by atoms with van der Waals surface area (Å²) in [5.41, 5.74) is 1.40. The van der Waals surface area contributed by atoms with Gasteiger partial charge in [-0.1, -0.05) is 48.5 Å². The lowest BCUT2D eigenvalue weighted by atomic mass is 10.0. The summed E-state index contributed by atoms with van der Waals surface area (Å²) in [4.78, 5) is 23.9. The predicted molar refractivity (Wildman–Crippen MR) is 84.1 cm³/mol. The van der Waals surface area contributed by atoms with E-state index in [1.54, 1.807) is 24.3 Å². The van der Waals surface area contributed by atoms with Crippen LogP contribution in [0, 0.1) is 0 Å². The van der Waals surface area contributed by atoms with E-state index < -0.39 is 17.9 Å². The lowest BCUT2D eigenvalue weighted by Crippen LogP contribution is -2.38. The van der Waals surface area contributed by atoms with Gasteiger partial charge in [0.15, 0.2) is 0 Å². The van der Waals surface area contributed by atoms with E-state index in [0.717, 1.165) is 5.56 Å². The SMILES string of the molecule is O=C(Nc1ccccc1)C(=O)N[C@H](CCO)c1ccccc1. The quantitative estimate of drug-likeness (QED) is 0.737. The van der Waals surface area contributed by atoms with Crippen LogP contribution in [0.3, 0.4) is 0 Å². The first-order chi connectivity index (χ1) is 10.7. The number of nitrogens with one attached hydrogen (secondary N) is 2. The minimum absolute atomic E-state index is 0.0832. The van der Waals surface area contributed by atoms with Crippen LogP contribution in [0.2, 0.25) is 0 Å². The molecule has 0 saturated carbocycles. The topological polar surface area (TPSA) is 78.4 Å². The Hall–Kier alpha value is -2.66. The van der Waals surface area contributed by atoms with Crippen molar-refractivity contribution in [3.05, 3.63) is 66.2 Å². The molecule has 0 aromatic heterocycles. The summed E-state index contributed by atoms with van der Waals surface area (Å²) in [5.74, 6) is -1.46. The molecule has 114 valence electrons. The molecule has 2 rings (SSSR count). The van der Waals surface area contributed by atoms with Gasteiger partial charge in [-0.15, -0.1) is 0 Å². The van der Waals surface area contributed by atoms with Crippen LogP contribution in [-0.4, -0.2) is 23.5 Å². The number of carbonyl (C=O) groups is 2. The molecule has 22 heavy (non-hydrogen) atoms. The van der Waals surface area contributed by atoms with Gasteiger partial charge in [0.1, 0.15) is 0 Å². The molecule has 0 bridgehead atoms. The van der Waals surface area contributed by atoms with Crippen LogP contribution in [0.1, 0.15) is 18.0 Å². The van der Waals surface area contributed by atoms with Crippen LogP contribution in [0.25, 0.3) is 0 Å². The van der Waals surface area contributed by atoms with E-state index in [-0.39, 0.29) is 6.61 Å². The van der Waals surface area contributed by atoms with Gasteiger partial charge in [0.25, 0.3) is 0 Å². The zero-order valence-electron chi connectivity index (χ0n) is 12.0. The summed E-state index contributed by atoms with van der Waals surface area (Å²) >= 11 is 0. The highest BCUT2D eigenvalue weighted by Crippen LogP contribution is 2.16. The Morgan fingerprint density at radius 1 is 0.909 bits per heavy atom. The molecule has 0 heterocycles. The average molecular weight is 298 g/mol. The number of hydrogen-bond donors (Lipinski definition) is 3. The van der Waals surface area contributed by atoms with Crippen LogP contribution < -0.4 is 10.6 Å². The Morgan fingerprint density at radius 2 is 1.50 bits per heavy atom. The molecule has 0 unspecified atom stereocenters. The van der Waals surface area contributed by atoms with Crippen LogP contribution in [0.4, 0.5) is 5.69 Å². The number of para-hydroxylation sites is 1. The number of aliphatic hydroxyl groups excluding tert-OH is 1. The van der Waals surface area contributed by atoms with Gasteiger partial charge in [0.2, 0.25) is 0 Å². The maximum Gasteiger partial charge on any atom is 0.313 e. The van der Waals surface area contributed by atoms with Crippen molar-refractivity contribution in [3.63, 3.8) is 0 Å². The molecule has 5 heteroatoms. The fourth-order valence-corrected chi connectivity index (χ4v) is 2.07. The third-order valence-electron chi connectivity index (χ3n) is 3.16. The van der Waals surface area contributed by atoms with Crippen LogP contribution >= 0.6 is 0 Å². The fraction of sp³-hybridized carbons (Fsp3) is 0.176. The molecular weight excluding hydrogens is 280 g/mol. The summed E-state index contributed by atoms with van der Waals surface area (Å²) in [5, 5.41) is 14.3. The third kappa shape index (κ3) is 4.43. The molecule has 2 aromatic rings. The number of rotatable bonds is 5. The number of amides is 2. The van der Waals surface area contributed by atoms with Crippen molar-refractivity contribution >= 4 is 17.5 Å². The molecule has 2 aromatic carbocycles. The minimum Gasteiger partial charge on any atom is -0.396 e. The Bertz CT molecular complexity index is 614. The summed E-state index contributed by atoms with van der Waals surface area (Å²) in [6.07, 6.45) is 0.342. The molecular formula is C17H18N2O3. The van der Waals surface area contributed by atoms with Crippen molar-refractivity contribution in [2.75, 3.05) is 11.9 Å². The maximum atomic E-state index is 12.0. The van der Waals surface area contributed by atoms with Crippen LogP contribution in [0.15, 0.2) is 60.7 Å². The van der Waals surface area contributed by atoms with Gasteiger partial charge in [0, 0.05) is 12.3 Å². The van der Waals surface area contributed by atoms with Crippen molar-refractivity contribution in [1.82, 2.24) is 5.32 Å². The Morgan fingerprint density at radius 3 is 2.09 bits per heavy atom. The van der Waals surface area contributed by atoms with E-state index >= 15 is 0 Å².